The Morgan fingerprint density at radius 1 is 0.941 bits per heavy atom. The fourth-order valence-corrected chi connectivity index (χ4v) is 1.94. The van der Waals surface area contributed by atoms with Gasteiger partial charge in [-0.25, -0.2) is 0 Å². The van der Waals surface area contributed by atoms with E-state index in [9.17, 15) is 9.59 Å². The zero-order chi connectivity index (χ0) is 11.8. The van der Waals surface area contributed by atoms with Gasteiger partial charge in [-0.3, -0.25) is 9.59 Å². The molecule has 3 heteroatoms. The van der Waals surface area contributed by atoms with Crippen LogP contribution in [0.5, 0.6) is 0 Å². The maximum absolute atomic E-state index is 12.2. The van der Waals surface area contributed by atoms with Crippen LogP contribution in [0.1, 0.15) is 10.4 Å². The van der Waals surface area contributed by atoms with Gasteiger partial charge in [0.25, 0.3) is 0 Å². The molecule has 1 aromatic heterocycles. The maximum Gasteiger partial charge on any atom is 0.200 e. The lowest BCUT2D eigenvalue weighted by Gasteiger charge is -2.02. The molecule has 3 aromatic rings. The van der Waals surface area contributed by atoms with Crippen LogP contribution in [-0.2, 0) is 0 Å². The van der Waals surface area contributed by atoms with Crippen molar-refractivity contribution in [3.8, 4) is 0 Å². The SMILES string of the molecule is O=Cc1cccc2c(=O)c3ccccc3oc12. The summed E-state index contributed by atoms with van der Waals surface area (Å²) in [5.74, 6) is 0. The molecule has 0 saturated heterocycles. The zero-order valence-corrected chi connectivity index (χ0v) is 8.84. The normalized spacial score (nSPS) is 10.8. The topological polar surface area (TPSA) is 47.3 Å². The summed E-state index contributed by atoms with van der Waals surface area (Å²) >= 11 is 0. The number of benzene rings is 2. The van der Waals surface area contributed by atoms with Gasteiger partial charge in [0.1, 0.15) is 11.2 Å². The number of hydrogen-bond acceptors (Lipinski definition) is 3. The Morgan fingerprint density at radius 3 is 2.53 bits per heavy atom. The number of fused-ring (bicyclic) bond motifs is 2. The second-order valence-electron chi connectivity index (χ2n) is 3.77. The number of hydrogen-bond donors (Lipinski definition) is 0. The molecule has 3 nitrogen and oxygen atoms in total. The van der Waals surface area contributed by atoms with E-state index in [-0.39, 0.29) is 5.43 Å². The Bertz CT molecular complexity index is 784. The van der Waals surface area contributed by atoms with Crippen molar-refractivity contribution in [1.29, 1.82) is 0 Å². The minimum absolute atomic E-state index is 0.106. The molecule has 2 aromatic carbocycles. The van der Waals surface area contributed by atoms with Crippen LogP contribution >= 0.6 is 0 Å². The molecule has 0 fully saturated rings. The maximum atomic E-state index is 12.2. The highest BCUT2D eigenvalue weighted by Crippen LogP contribution is 2.20. The summed E-state index contributed by atoms with van der Waals surface area (Å²) in [6.07, 6.45) is 0.694. The van der Waals surface area contributed by atoms with Crippen molar-refractivity contribution in [2.75, 3.05) is 0 Å². The van der Waals surface area contributed by atoms with Crippen LogP contribution in [0.2, 0.25) is 0 Å². The highest BCUT2D eigenvalue weighted by atomic mass is 16.3. The Morgan fingerprint density at radius 2 is 1.71 bits per heavy atom. The molecule has 0 aliphatic carbocycles. The Labute approximate surface area is 96.3 Å². The van der Waals surface area contributed by atoms with Crippen LogP contribution in [0, 0.1) is 0 Å². The smallest absolute Gasteiger partial charge is 0.200 e. The molecule has 0 N–H and O–H groups in total. The van der Waals surface area contributed by atoms with Crippen LogP contribution < -0.4 is 5.43 Å². The van der Waals surface area contributed by atoms with Crippen LogP contribution in [0.3, 0.4) is 0 Å². The van der Waals surface area contributed by atoms with Gasteiger partial charge in [-0.1, -0.05) is 18.2 Å². The van der Waals surface area contributed by atoms with Crippen LogP contribution in [0.4, 0.5) is 0 Å². The van der Waals surface area contributed by atoms with E-state index in [1.807, 2.05) is 0 Å². The first kappa shape index (κ1) is 9.78. The molecule has 1 heterocycles. The lowest BCUT2D eigenvalue weighted by atomic mass is 10.1. The standard InChI is InChI=1S/C14H8O3/c15-8-9-4-3-6-11-13(16)10-5-1-2-7-12(10)17-14(9)11/h1-8H. The molecule has 3 rings (SSSR count). The van der Waals surface area contributed by atoms with E-state index < -0.39 is 0 Å². The molecule has 17 heavy (non-hydrogen) atoms. The molecule has 0 unspecified atom stereocenters. The first-order valence-electron chi connectivity index (χ1n) is 5.21. The Hall–Kier alpha value is -2.42. The average Bonchev–Trinajstić information content (AvgIpc) is 2.38. The minimum Gasteiger partial charge on any atom is -0.455 e. The lowest BCUT2D eigenvalue weighted by molar-refractivity contribution is 0.112. The number of aldehydes is 1. The second kappa shape index (κ2) is 3.56. The van der Waals surface area contributed by atoms with Crippen molar-refractivity contribution in [2.45, 2.75) is 0 Å². The summed E-state index contributed by atoms with van der Waals surface area (Å²) in [6, 6.07) is 12.0. The van der Waals surface area contributed by atoms with Gasteiger partial charge in [0, 0.05) is 0 Å². The van der Waals surface area contributed by atoms with Gasteiger partial charge < -0.3 is 4.42 Å². The third-order valence-electron chi connectivity index (χ3n) is 2.76. The van der Waals surface area contributed by atoms with Gasteiger partial charge in [-0.2, -0.15) is 0 Å². The van der Waals surface area contributed by atoms with Crippen molar-refractivity contribution < 1.29 is 9.21 Å². The highest BCUT2D eigenvalue weighted by molar-refractivity contribution is 5.98. The second-order valence-corrected chi connectivity index (χ2v) is 3.77. The van der Waals surface area contributed by atoms with E-state index in [1.54, 1.807) is 42.5 Å². The Kier molecular flexibility index (Phi) is 2.05. The molecule has 0 aliphatic rings. The third kappa shape index (κ3) is 1.36. The van der Waals surface area contributed by atoms with Gasteiger partial charge in [-0.15, -0.1) is 0 Å². The summed E-state index contributed by atoms with van der Waals surface area (Å²) in [6.45, 7) is 0. The van der Waals surface area contributed by atoms with Gasteiger partial charge in [0.15, 0.2) is 6.29 Å². The van der Waals surface area contributed by atoms with Crippen molar-refractivity contribution in [1.82, 2.24) is 0 Å². The summed E-state index contributed by atoms with van der Waals surface area (Å²) in [5.41, 5.74) is 1.14. The molecular weight excluding hydrogens is 216 g/mol. The fraction of sp³-hybridized carbons (Fsp3) is 0. The largest absolute Gasteiger partial charge is 0.455 e. The van der Waals surface area contributed by atoms with Gasteiger partial charge in [0.2, 0.25) is 5.43 Å². The quantitative estimate of drug-likeness (QED) is 0.471. The molecule has 0 spiro atoms. The van der Waals surface area contributed by atoms with E-state index in [1.165, 1.54) is 0 Å². The van der Waals surface area contributed by atoms with E-state index >= 15 is 0 Å². The van der Waals surface area contributed by atoms with Crippen LogP contribution in [0.25, 0.3) is 21.9 Å². The number of rotatable bonds is 1. The average molecular weight is 224 g/mol. The van der Waals surface area contributed by atoms with Gasteiger partial charge >= 0.3 is 0 Å². The van der Waals surface area contributed by atoms with Crippen LogP contribution in [-0.4, -0.2) is 6.29 Å². The molecule has 0 bridgehead atoms. The molecule has 0 radical (unpaired) electrons. The molecule has 0 amide bonds. The van der Waals surface area contributed by atoms with E-state index in [0.717, 1.165) is 0 Å². The van der Waals surface area contributed by atoms with Crippen molar-refractivity contribution >= 4 is 28.2 Å². The summed E-state index contributed by atoms with van der Waals surface area (Å²) < 4.78 is 5.62. The molecular formula is C14H8O3. The van der Waals surface area contributed by atoms with E-state index in [0.29, 0.717) is 33.8 Å². The molecule has 82 valence electrons. The highest BCUT2D eigenvalue weighted by Gasteiger charge is 2.09. The predicted molar refractivity (Wildman–Crippen MR) is 65.4 cm³/mol. The van der Waals surface area contributed by atoms with E-state index in [2.05, 4.69) is 0 Å². The monoisotopic (exact) mass is 224 g/mol. The number of carbonyl (C=O) groups is 1. The zero-order valence-electron chi connectivity index (χ0n) is 8.84. The number of carbonyl (C=O) groups excluding carboxylic acids is 1. The summed E-state index contributed by atoms with van der Waals surface area (Å²) in [5, 5.41) is 0.969. The molecule has 0 aliphatic heterocycles. The third-order valence-corrected chi connectivity index (χ3v) is 2.76. The first-order valence-corrected chi connectivity index (χ1v) is 5.21. The van der Waals surface area contributed by atoms with Gasteiger partial charge in [0.05, 0.1) is 16.3 Å². The van der Waals surface area contributed by atoms with Crippen molar-refractivity contribution in [2.24, 2.45) is 0 Å². The molecule has 0 atom stereocenters. The summed E-state index contributed by atoms with van der Waals surface area (Å²) in [4.78, 5) is 23.1. The van der Waals surface area contributed by atoms with Crippen LogP contribution in [0.15, 0.2) is 51.7 Å². The summed E-state index contributed by atoms with van der Waals surface area (Å²) in [7, 11) is 0. The fourth-order valence-electron chi connectivity index (χ4n) is 1.94. The predicted octanol–water partition coefficient (Wildman–Crippen LogP) is 2.76. The lowest BCUT2D eigenvalue weighted by Crippen LogP contribution is -2.02. The first-order chi connectivity index (χ1) is 8.31. The Balaban J connectivity index is 2.64. The van der Waals surface area contributed by atoms with Crippen molar-refractivity contribution in [3.63, 3.8) is 0 Å². The van der Waals surface area contributed by atoms with Gasteiger partial charge in [-0.05, 0) is 24.3 Å². The number of para-hydroxylation sites is 2. The minimum atomic E-state index is -0.106. The molecule has 0 saturated carbocycles. The van der Waals surface area contributed by atoms with E-state index in [4.69, 9.17) is 4.42 Å². The van der Waals surface area contributed by atoms with Crippen molar-refractivity contribution in [3.05, 3.63) is 58.3 Å².